The lowest BCUT2D eigenvalue weighted by atomic mass is 10.2. The summed E-state index contributed by atoms with van der Waals surface area (Å²) in [5.74, 6) is 1.17. The molecule has 0 aliphatic heterocycles. The predicted octanol–water partition coefficient (Wildman–Crippen LogP) is 3.44. The van der Waals surface area contributed by atoms with E-state index in [1.165, 1.54) is 11.8 Å². The van der Waals surface area contributed by atoms with E-state index in [4.69, 9.17) is 9.52 Å². The van der Waals surface area contributed by atoms with Crippen molar-refractivity contribution in [1.82, 2.24) is 4.98 Å². The number of rotatable bonds is 6. The van der Waals surface area contributed by atoms with Gasteiger partial charge in [-0.1, -0.05) is 37.3 Å². The molecule has 0 spiro atoms. The number of aromatic nitrogens is 1. The Bertz CT molecular complexity index is 539. The van der Waals surface area contributed by atoms with Crippen LogP contribution in [0.4, 0.5) is 0 Å². The summed E-state index contributed by atoms with van der Waals surface area (Å²) < 4.78 is 5.65. The number of carboxylic acid groups (broad SMARTS) is 1. The van der Waals surface area contributed by atoms with Gasteiger partial charge >= 0.3 is 5.97 Å². The molecule has 1 N–H and O–H groups in total. The van der Waals surface area contributed by atoms with Crippen LogP contribution in [0.1, 0.15) is 19.2 Å². The van der Waals surface area contributed by atoms with Crippen molar-refractivity contribution in [3.63, 3.8) is 0 Å². The normalized spacial score (nSPS) is 12.3. The van der Waals surface area contributed by atoms with Crippen molar-refractivity contribution in [3.8, 4) is 11.3 Å². The number of carboxylic acids is 1. The van der Waals surface area contributed by atoms with E-state index in [1.807, 2.05) is 37.3 Å². The van der Waals surface area contributed by atoms with E-state index in [0.717, 1.165) is 11.3 Å². The van der Waals surface area contributed by atoms with E-state index < -0.39 is 5.97 Å². The smallest absolute Gasteiger partial charge is 0.304 e. The van der Waals surface area contributed by atoms with E-state index in [9.17, 15) is 4.79 Å². The minimum atomic E-state index is -0.780. The predicted molar refractivity (Wildman–Crippen MR) is 74.9 cm³/mol. The summed E-state index contributed by atoms with van der Waals surface area (Å²) in [6.07, 6.45) is 1.85. The van der Waals surface area contributed by atoms with Crippen LogP contribution < -0.4 is 0 Å². The van der Waals surface area contributed by atoms with Gasteiger partial charge in [0.05, 0.1) is 18.4 Å². The molecule has 2 aromatic rings. The van der Waals surface area contributed by atoms with Crippen LogP contribution in [-0.4, -0.2) is 21.3 Å². The van der Waals surface area contributed by atoms with Crippen LogP contribution in [0.15, 0.2) is 40.9 Å². The first-order valence-electron chi connectivity index (χ1n) is 5.98. The van der Waals surface area contributed by atoms with Crippen molar-refractivity contribution in [1.29, 1.82) is 0 Å². The topological polar surface area (TPSA) is 63.3 Å². The molecule has 1 unspecified atom stereocenters. The molecule has 1 aromatic heterocycles. The summed E-state index contributed by atoms with van der Waals surface area (Å²) in [5, 5.41) is 8.73. The number of aliphatic carboxylic acids is 1. The molecule has 4 nitrogen and oxygen atoms in total. The standard InChI is InChI=1S/C14H15NO3S/c1-10(7-14(16)17)19-9-13-15-8-12(18-13)11-5-3-2-4-6-11/h2-6,8,10H,7,9H2,1H3,(H,16,17). The highest BCUT2D eigenvalue weighted by Crippen LogP contribution is 2.24. The van der Waals surface area contributed by atoms with Gasteiger partial charge < -0.3 is 9.52 Å². The molecule has 1 heterocycles. The zero-order valence-electron chi connectivity index (χ0n) is 10.6. The number of carbonyl (C=O) groups is 1. The fourth-order valence-corrected chi connectivity index (χ4v) is 2.45. The fourth-order valence-electron chi connectivity index (χ4n) is 1.63. The minimum Gasteiger partial charge on any atom is -0.481 e. The average molecular weight is 277 g/mol. The van der Waals surface area contributed by atoms with Gasteiger partial charge in [0.2, 0.25) is 5.89 Å². The van der Waals surface area contributed by atoms with Crippen molar-refractivity contribution in [2.75, 3.05) is 0 Å². The molecular formula is C14H15NO3S. The highest BCUT2D eigenvalue weighted by atomic mass is 32.2. The maximum Gasteiger partial charge on any atom is 0.304 e. The van der Waals surface area contributed by atoms with Crippen molar-refractivity contribution < 1.29 is 14.3 Å². The molecule has 1 aromatic carbocycles. The molecule has 0 bridgehead atoms. The van der Waals surface area contributed by atoms with Gasteiger partial charge in [-0.25, -0.2) is 4.98 Å². The molecule has 1 atom stereocenters. The van der Waals surface area contributed by atoms with E-state index in [0.29, 0.717) is 11.6 Å². The number of benzene rings is 1. The van der Waals surface area contributed by atoms with Crippen molar-refractivity contribution in [3.05, 3.63) is 42.4 Å². The van der Waals surface area contributed by atoms with Gasteiger partial charge in [-0.2, -0.15) is 0 Å². The van der Waals surface area contributed by atoms with E-state index in [-0.39, 0.29) is 11.7 Å². The molecule has 0 fully saturated rings. The molecule has 0 amide bonds. The monoisotopic (exact) mass is 277 g/mol. The maximum atomic E-state index is 10.6. The minimum absolute atomic E-state index is 0.0459. The molecule has 2 rings (SSSR count). The van der Waals surface area contributed by atoms with Gasteiger partial charge in [-0.15, -0.1) is 11.8 Å². The van der Waals surface area contributed by atoms with Crippen molar-refractivity contribution >= 4 is 17.7 Å². The Labute approximate surface area is 115 Å². The van der Waals surface area contributed by atoms with Gasteiger partial charge in [0.1, 0.15) is 0 Å². The van der Waals surface area contributed by atoms with Crippen LogP contribution in [0.3, 0.4) is 0 Å². The Balaban J connectivity index is 1.93. The van der Waals surface area contributed by atoms with Crippen molar-refractivity contribution in [2.45, 2.75) is 24.3 Å². The molecule has 0 aliphatic rings. The number of nitrogens with zero attached hydrogens (tertiary/aromatic N) is 1. The third-order valence-electron chi connectivity index (χ3n) is 2.57. The lowest BCUT2D eigenvalue weighted by molar-refractivity contribution is -0.136. The quantitative estimate of drug-likeness (QED) is 0.876. The summed E-state index contributed by atoms with van der Waals surface area (Å²) in [5.41, 5.74) is 0.991. The molecule has 0 aliphatic carbocycles. The first-order chi connectivity index (χ1) is 9.15. The highest BCUT2D eigenvalue weighted by Gasteiger charge is 2.11. The summed E-state index contributed by atoms with van der Waals surface area (Å²) in [7, 11) is 0. The molecular weight excluding hydrogens is 262 g/mol. The lowest BCUT2D eigenvalue weighted by Crippen LogP contribution is -2.05. The summed E-state index contributed by atoms with van der Waals surface area (Å²) in [6, 6.07) is 9.77. The van der Waals surface area contributed by atoms with E-state index >= 15 is 0 Å². The summed E-state index contributed by atoms with van der Waals surface area (Å²) in [4.78, 5) is 14.8. The summed E-state index contributed by atoms with van der Waals surface area (Å²) in [6.45, 7) is 1.89. The second-order valence-corrected chi connectivity index (χ2v) is 5.63. The van der Waals surface area contributed by atoms with Gasteiger partial charge in [-0.05, 0) is 0 Å². The highest BCUT2D eigenvalue weighted by molar-refractivity contribution is 7.99. The average Bonchev–Trinajstić information content (AvgIpc) is 2.85. The van der Waals surface area contributed by atoms with Crippen LogP contribution >= 0.6 is 11.8 Å². The van der Waals surface area contributed by atoms with Crippen LogP contribution in [0.25, 0.3) is 11.3 Å². The molecule has 0 saturated heterocycles. The first-order valence-corrected chi connectivity index (χ1v) is 7.03. The Morgan fingerprint density at radius 3 is 2.84 bits per heavy atom. The zero-order chi connectivity index (χ0) is 13.7. The Morgan fingerprint density at radius 1 is 1.42 bits per heavy atom. The third-order valence-corrected chi connectivity index (χ3v) is 3.71. The lowest BCUT2D eigenvalue weighted by Gasteiger charge is -2.05. The molecule has 0 saturated carbocycles. The van der Waals surface area contributed by atoms with Crippen LogP contribution in [0, 0.1) is 0 Å². The Kier molecular flexibility index (Phi) is 4.63. The van der Waals surface area contributed by atoms with Crippen LogP contribution in [0.5, 0.6) is 0 Å². The second-order valence-electron chi connectivity index (χ2n) is 4.20. The third kappa shape index (κ3) is 4.13. The first kappa shape index (κ1) is 13.7. The molecule has 5 heteroatoms. The maximum absolute atomic E-state index is 10.6. The van der Waals surface area contributed by atoms with E-state index in [1.54, 1.807) is 6.20 Å². The zero-order valence-corrected chi connectivity index (χ0v) is 11.4. The fraction of sp³-hybridized carbons (Fsp3) is 0.286. The molecule has 100 valence electrons. The van der Waals surface area contributed by atoms with Crippen LogP contribution in [-0.2, 0) is 10.5 Å². The number of thioether (sulfide) groups is 1. The second kappa shape index (κ2) is 6.43. The van der Waals surface area contributed by atoms with Gasteiger partial charge in [-0.3, -0.25) is 4.79 Å². The number of hydrogen-bond donors (Lipinski definition) is 1. The SMILES string of the molecule is CC(CC(=O)O)SCc1ncc(-c2ccccc2)o1. The van der Waals surface area contributed by atoms with Gasteiger partial charge in [0, 0.05) is 10.8 Å². The van der Waals surface area contributed by atoms with Crippen LogP contribution in [0.2, 0.25) is 0 Å². The Morgan fingerprint density at radius 2 is 2.16 bits per heavy atom. The van der Waals surface area contributed by atoms with Gasteiger partial charge in [0.15, 0.2) is 5.76 Å². The largest absolute Gasteiger partial charge is 0.481 e. The summed E-state index contributed by atoms with van der Waals surface area (Å²) >= 11 is 1.53. The number of oxazole rings is 1. The van der Waals surface area contributed by atoms with E-state index in [2.05, 4.69) is 4.98 Å². The Hall–Kier alpha value is -1.75. The molecule has 19 heavy (non-hydrogen) atoms. The molecule has 0 radical (unpaired) electrons. The van der Waals surface area contributed by atoms with Crippen molar-refractivity contribution in [2.24, 2.45) is 0 Å². The van der Waals surface area contributed by atoms with Gasteiger partial charge in [0.25, 0.3) is 0 Å². The number of hydrogen-bond acceptors (Lipinski definition) is 4.